The minimum absolute atomic E-state index is 0.187. The molecule has 0 saturated carbocycles. The first-order valence-corrected chi connectivity index (χ1v) is 7.53. The molecule has 0 atom stereocenters. The minimum Gasteiger partial charge on any atom is -0.405 e. The highest BCUT2D eigenvalue weighted by molar-refractivity contribution is 6.19. The van der Waals surface area contributed by atoms with E-state index in [4.69, 9.17) is 9.31 Å². The number of nitrogens with one attached hydrogen (secondary N) is 1. The van der Waals surface area contributed by atoms with E-state index in [2.05, 4.69) is 53.5 Å². The van der Waals surface area contributed by atoms with Gasteiger partial charge in [-0.1, -0.05) is 36.4 Å². The Morgan fingerprint density at radius 2 is 1.14 bits per heavy atom. The minimum atomic E-state index is -0.188. The second-order valence-corrected chi connectivity index (χ2v) is 6.57. The lowest BCUT2D eigenvalue weighted by atomic mass is 9.90. The zero-order valence-electron chi connectivity index (χ0n) is 13.5. The number of para-hydroxylation sites is 2. The molecule has 0 amide bonds. The summed E-state index contributed by atoms with van der Waals surface area (Å²) in [5, 5.41) is 2.61. The fourth-order valence-electron chi connectivity index (χ4n) is 2.35. The molecule has 3 aromatic rings. The third-order valence-electron chi connectivity index (χ3n) is 4.55. The second kappa shape index (κ2) is 5.45. The average Bonchev–Trinajstić information content (AvgIpc) is 2.97. The molecular formula is C18H21BNO2. The highest BCUT2D eigenvalue weighted by atomic mass is 16.7. The Morgan fingerprint density at radius 1 is 0.727 bits per heavy atom. The predicted molar refractivity (Wildman–Crippen MR) is 91.9 cm³/mol. The van der Waals surface area contributed by atoms with E-state index in [9.17, 15) is 0 Å². The van der Waals surface area contributed by atoms with E-state index >= 15 is 0 Å². The van der Waals surface area contributed by atoms with E-state index in [1.165, 1.54) is 29.5 Å². The third-order valence-corrected chi connectivity index (χ3v) is 4.55. The Balaban J connectivity index is 0.000000142. The number of hydrogen-bond acceptors (Lipinski definition) is 2. The van der Waals surface area contributed by atoms with Crippen LogP contribution in [-0.4, -0.2) is 23.9 Å². The summed E-state index contributed by atoms with van der Waals surface area (Å²) in [6.45, 7) is 8.04. The van der Waals surface area contributed by atoms with Crippen molar-refractivity contribution in [3.05, 3.63) is 48.5 Å². The van der Waals surface area contributed by atoms with Crippen molar-refractivity contribution in [1.29, 1.82) is 0 Å². The monoisotopic (exact) mass is 294 g/mol. The van der Waals surface area contributed by atoms with Crippen molar-refractivity contribution in [3.63, 3.8) is 0 Å². The summed E-state index contributed by atoms with van der Waals surface area (Å²) in [7, 11) is 1.42. The van der Waals surface area contributed by atoms with E-state index in [-0.39, 0.29) is 11.2 Å². The van der Waals surface area contributed by atoms with Gasteiger partial charge in [0.25, 0.3) is 0 Å². The molecule has 1 aliphatic heterocycles. The van der Waals surface area contributed by atoms with Gasteiger partial charge in [-0.3, -0.25) is 0 Å². The molecule has 1 aliphatic rings. The molecule has 0 aliphatic carbocycles. The van der Waals surface area contributed by atoms with Gasteiger partial charge in [-0.15, -0.1) is 0 Å². The molecule has 22 heavy (non-hydrogen) atoms. The van der Waals surface area contributed by atoms with Crippen LogP contribution in [0.25, 0.3) is 21.8 Å². The summed E-state index contributed by atoms with van der Waals surface area (Å²) in [5.74, 6) is 0. The Hall–Kier alpha value is -1.78. The standard InChI is InChI=1S/C12H9N.C6H12BO2/c1-3-7-11-9(5-1)10-6-2-4-8-12(10)13-11;1-5(2)6(3,4)9-7-8-5/h1-8,13H;1-4H3. The molecule has 4 rings (SSSR count). The highest BCUT2D eigenvalue weighted by Gasteiger charge is 2.44. The Kier molecular flexibility index (Phi) is 3.75. The number of H-pyrrole nitrogens is 1. The maximum atomic E-state index is 5.21. The molecule has 4 heteroatoms. The van der Waals surface area contributed by atoms with Crippen molar-refractivity contribution in [2.45, 2.75) is 38.9 Å². The van der Waals surface area contributed by atoms with Gasteiger partial charge in [-0.05, 0) is 39.8 Å². The van der Waals surface area contributed by atoms with Crippen LogP contribution in [0.3, 0.4) is 0 Å². The lowest BCUT2D eigenvalue weighted by Crippen LogP contribution is -2.41. The summed E-state index contributed by atoms with van der Waals surface area (Å²) >= 11 is 0. The van der Waals surface area contributed by atoms with Crippen molar-refractivity contribution in [2.75, 3.05) is 0 Å². The van der Waals surface area contributed by atoms with E-state index < -0.39 is 0 Å². The summed E-state index contributed by atoms with van der Waals surface area (Å²) in [6.07, 6.45) is 0. The van der Waals surface area contributed by atoms with Gasteiger partial charge in [0.15, 0.2) is 0 Å². The van der Waals surface area contributed by atoms with Gasteiger partial charge >= 0.3 is 7.69 Å². The van der Waals surface area contributed by atoms with Gasteiger partial charge in [-0.25, -0.2) is 0 Å². The highest BCUT2D eigenvalue weighted by Crippen LogP contribution is 2.33. The summed E-state index contributed by atoms with van der Waals surface area (Å²) < 4.78 is 10.4. The van der Waals surface area contributed by atoms with Crippen LogP contribution in [0.2, 0.25) is 0 Å². The van der Waals surface area contributed by atoms with Gasteiger partial charge in [0, 0.05) is 21.8 Å². The van der Waals surface area contributed by atoms with E-state index in [0.29, 0.717) is 0 Å². The molecule has 0 spiro atoms. The molecule has 0 unspecified atom stereocenters. The number of aromatic nitrogens is 1. The first-order chi connectivity index (χ1) is 10.4. The van der Waals surface area contributed by atoms with E-state index in [0.717, 1.165) is 0 Å². The first-order valence-electron chi connectivity index (χ1n) is 7.53. The average molecular weight is 294 g/mol. The van der Waals surface area contributed by atoms with Crippen LogP contribution in [0.4, 0.5) is 0 Å². The fraction of sp³-hybridized carbons (Fsp3) is 0.333. The number of hydrogen-bond donors (Lipinski definition) is 1. The quantitative estimate of drug-likeness (QED) is 0.622. The molecule has 2 aromatic carbocycles. The van der Waals surface area contributed by atoms with Crippen molar-refractivity contribution >= 4 is 29.5 Å². The number of aromatic amines is 1. The molecule has 1 saturated heterocycles. The van der Waals surface area contributed by atoms with E-state index in [1.54, 1.807) is 0 Å². The van der Waals surface area contributed by atoms with Gasteiger partial charge in [0.2, 0.25) is 0 Å². The summed E-state index contributed by atoms with van der Waals surface area (Å²) in [4.78, 5) is 3.38. The molecular weight excluding hydrogens is 273 g/mol. The van der Waals surface area contributed by atoms with Crippen molar-refractivity contribution < 1.29 is 9.31 Å². The molecule has 113 valence electrons. The zero-order chi connectivity index (χ0) is 15.8. The van der Waals surface area contributed by atoms with E-state index in [1.807, 2.05) is 27.7 Å². The number of benzene rings is 2. The van der Waals surface area contributed by atoms with Crippen molar-refractivity contribution in [2.24, 2.45) is 0 Å². The van der Waals surface area contributed by atoms with Crippen LogP contribution < -0.4 is 0 Å². The van der Waals surface area contributed by atoms with Crippen molar-refractivity contribution in [3.8, 4) is 0 Å². The fourth-order valence-corrected chi connectivity index (χ4v) is 2.35. The predicted octanol–water partition coefficient (Wildman–Crippen LogP) is 4.45. The Bertz CT molecular complexity index is 727. The maximum Gasteiger partial charge on any atom is 0.488 e. The van der Waals surface area contributed by atoms with Gasteiger partial charge < -0.3 is 14.3 Å². The SMILES string of the molecule is CC1(C)O[B]OC1(C)C.c1ccc2c(c1)[nH]c1ccccc12. The topological polar surface area (TPSA) is 34.2 Å². The largest absolute Gasteiger partial charge is 0.488 e. The van der Waals surface area contributed by atoms with Crippen LogP contribution in [0.5, 0.6) is 0 Å². The lowest BCUT2D eigenvalue weighted by molar-refractivity contribution is 0.00578. The van der Waals surface area contributed by atoms with Crippen LogP contribution in [-0.2, 0) is 9.31 Å². The van der Waals surface area contributed by atoms with Gasteiger partial charge in [-0.2, -0.15) is 0 Å². The second-order valence-electron chi connectivity index (χ2n) is 6.57. The zero-order valence-corrected chi connectivity index (χ0v) is 13.5. The normalized spacial score (nSPS) is 18.7. The van der Waals surface area contributed by atoms with Gasteiger partial charge in [0.05, 0.1) is 11.2 Å². The molecule has 3 nitrogen and oxygen atoms in total. The molecule has 0 bridgehead atoms. The molecule has 1 fully saturated rings. The van der Waals surface area contributed by atoms with Crippen LogP contribution in [0.15, 0.2) is 48.5 Å². The van der Waals surface area contributed by atoms with Crippen LogP contribution >= 0.6 is 0 Å². The van der Waals surface area contributed by atoms with Crippen LogP contribution in [0, 0.1) is 0 Å². The molecule has 1 N–H and O–H groups in total. The van der Waals surface area contributed by atoms with Gasteiger partial charge in [0.1, 0.15) is 0 Å². The smallest absolute Gasteiger partial charge is 0.405 e. The number of rotatable bonds is 0. The molecule has 1 aromatic heterocycles. The summed E-state index contributed by atoms with van der Waals surface area (Å²) in [5.41, 5.74) is 2.05. The number of fused-ring (bicyclic) bond motifs is 3. The molecule has 2 heterocycles. The summed E-state index contributed by atoms with van der Waals surface area (Å²) in [6, 6.07) is 16.8. The third kappa shape index (κ3) is 2.64. The Morgan fingerprint density at radius 3 is 1.50 bits per heavy atom. The molecule has 1 radical (unpaired) electrons. The van der Waals surface area contributed by atoms with Crippen molar-refractivity contribution in [1.82, 2.24) is 4.98 Å². The first kappa shape index (κ1) is 15.1. The Labute approximate surface area is 131 Å². The van der Waals surface area contributed by atoms with Crippen LogP contribution in [0.1, 0.15) is 27.7 Å². The maximum absolute atomic E-state index is 5.21. The lowest BCUT2D eigenvalue weighted by Gasteiger charge is -2.32.